The molecule has 4 atom stereocenters. The minimum absolute atomic E-state index is 0.0895. The Morgan fingerprint density at radius 1 is 1.19 bits per heavy atom. The Kier molecular flexibility index (Phi) is 4.44. The highest BCUT2D eigenvalue weighted by Crippen LogP contribution is 2.46. The van der Waals surface area contributed by atoms with Gasteiger partial charge in [0.2, 0.25) is 5.91 Å². The lowest BCUT2D eigenvalue weighted by Gasteiger charge is -2.28. The number of hydrogen-bond acceptors (Lipinski definition) is 5. The molecule has 0 aromatic carbocycles. The van der Waals surface area contributed by atoms with Crippen LogP contribution in [0, 0.1) is 17.8 Å². The number of aromatic amines is 1. The number of pyridine rings is 2. The first-order chi connectivity index (χ1) is 14.7. The van der Waals surface area contributed by atoms with Crippen molar-refractivity contribution in [3.05, 3.63) is 47.4 Å². The van der Waals surface area contributed by atoms with Crippen LogP contribution in [0.3, 0.4) is 0 Å². The highest BCUT2D eigenvalue weighted by molar-refractivity contribution is 6.34. The molecule has 5 rings (SSSR count). The van der Waals surface area contributed by atoms with E-state index in [0.29, 0.717) is 33.3 Å². The van der Waals surface area contributed by atoms with E-state index in [1.165, 1.54) is 12.3 Å². The van der Waals surface area contributed by atoms with Gasteiger partial charge in [0.25, 0.3) is 0 Å². The highest BCUT2D eigenvalue weighted by atomic mass is 35.5. The lowest BCUT2D eigenvalue weighted by Crippen LogP contribution is -2.41. The van der Waals surface area contributed by atoms with Crippen LogP contribution in [0.15, 0.2) is 36.7 Å². The van der Waals surface area contributed by atoms with Gasteiger partial charge in [-0.25, -0.2) is 9.97 Å². The standard InChI is InChI=1S/C20H16ClF3N6O/c21-11-7-27-19-16(15(11)28-14-9-2-1-8(5-9)13(14)17(25)31)29-18(30-19)10-3-4-12(26-6-10)20(22,23)24/h1-4,6-9,13-14H,5H2,(H2,25,31)(H2,27,28,29,30)/t8-,9+,13+,14-/m1/s1. The average Bonchev–Trinajstić information content (AvgIpc) is 3.43. The van der Waals surface area contributed by atoms with E-state index < -0.39 is 11.9 Å². The summed E-state index contributed by atoms with van der Waals surface area (Å²) in [5.74, 6) is -0.212. The van der Waals surface area contributed by atoms with Gasteiger partial charge in [-0.05, 0) is 30.4 Å². The van der Waals surface area contributed by atoms with Gasteiger partial charge in [0, 0.05) is 17.8 Å². The first kappa shape index (κ1) is 19.8. The van der Waals surface area contributed by atoms with E-state index in [1.807, 2.05) is 6.08 Å². The van der Waals surface area contributed by atoms with Crippen LogP contribution in [0.25, 0.3) is 22.6 Å². The lowest BCUT2D eigenvalue weighted by atomic mass is 9.88. The van der Waals surface area contributed by atoms with Crippen LogP contribution in [-0.2, 0) is 11.0 Å². The number of nitrogens with zero attached hydrogens (tertiary/aromatic N) is 3. The summed E-state index contributed by atoms with van der Waals surface area (Å²) >= 11 is 6.39. The summed E-state index contributed by atoms with van der Waals surface area (Å²) in [4.78, 5) is 27.1. The first-order valence-electron chi connectivity index (χ1n) is 9.54. The Morgan fingerprint density at radius 2 is 1.97 bits per heavy atom. The zero-order valence-electron chi connectivity index (χ0n) is 15.8. The van der Waals surface area contributed by atoms with Crippen LogP contribution in [0.5, 0.6) is 0 Å². The van der Waals surface area contributed by atoms with Gasteiger partial charge in [0.05, 0.1) is 22.8 Å². The number of amides is 1. The number of H-pyrrole nitrogens is 1. The molecule has 1 fully saturated rings. The van der Waals surface area contributed by atoms with Crippen molar-refractivity contribution >= 4 is 34.4 Å². The molecule has 0 unspecified atom stereocenters. The van der Waals surface area contributed by atoms with Gasteiger partial charge in [-0.1, -0.05) is 23.8 Å². The number of alkyl halides is 3. The number of aromatic nitrogens is 4. The molecular weight excluding hydrogens is 433 g/mol. The van der Waals surface area contributed by atoms with Crippen molar-refractivity contribution < 1.29 is 18.0 Å². The maximum atomic E-state index is 12.8. The molecule has 0 aliphatic heterocycles. The summed E-state index contributed by atoms with van der Waals surface area (Å²) < 4.78 is 38.3. The van der Waals surface area contributed by atoms with Gasteiger partial charge in [0.15, 0.2) is 5.65 Å². The molecule has 160 valence electrons. The predicted octanol–water partition coefficient (Wildman–Crippen LogP) is 3.78. The molecule has 1 saturated carbocycles. The van der Waals surface area contributed by atoms with Crippen LogP contribution in [0.2, 0.25) is 5.02 Å². The SMILES string of the molecule is NC(=O)[C@@H]1[C@H](Nc2c(Cl)cnc3nc(-c4ccc(C(F)(F)F)nc4)[nH]c23)[C@H]2C=C[C@@H]1C2. The topological polar surface area (TPSA) is 110 Å². The fourth-order valence-corrected chi connectivity index (χ4v) is 4.68. The van der Waals surface area contributed by atoms with Gasteiger partial charge in [-0.2, -0.15) is 13.2 Å². The lowest BCUT2D eigenvalue weighted by molar-refractivity contribution is -0.141. The molecule has 3 aromatic rings. The number of imidazole rings is 1. The molecular formula is C20H16ClF3N6O. The second-order valence-corrected chi connectivity index (χ2v) is 8.15. The van der Waals surface area contributed by atoms with E-state index in [1.54, 1.807) is 0 Å². The summed E-state index contributed by atoms with van der Waals surface area (Å²) in [5, 5.41) is 3.67. The molecule has 3 heterocycles. The zero-order chi connectivity index (χ0) is 21.9. The second kappa shape index (κ2) is 6.94. The van der Waals surface area contributed by atoms with E-state index in [0.717, 1.165) is 18.7 Å². The Balaban J connectivity index is 1.51. The van der Waals surface area contributed by atoms with Crippen LogP contribution in [0.4, 0.5) is 18.9 Å². The predicted molar refractivity (Wildman–Crippen MR) is 108 cm³/mol. The van der Waals surface area contributed by atoms with Gasteiger partial charge in [-0.3, -0.25) is 9.78 Å². The van der Waals surface area contributed by atoms with Crippen molar-refractivity contribution in [3.8, 4) is 11.4 Å². The average molecular weight is 449 g/mol. The molecule has 2 aliphatic carbocycles. The number of anilines is 1. The van der Waals surface area contributed by atoms with E-state index in [2.05, 4.69) is 31.3 Å². The summed E-state index contributed by atoms with van der Waals surface area (Å²) in [6.07, 6.45) is 2.94. The smallest absolute Gasteiger partial charge is 0.378 e. The van der Waals surface area contributed by atoms with Gasteiger partial charge in [0.1, 0.15) is 17.0 Å². The minimum atomic E-state index is -4.52. The number of fused-ring (bicyclic) bond motifs is 3. The third kappa shape index (κ3) is 3.31. The van der Waals surface area contributed by atoms with Crippen molar-refractivity contribution in [3.63, 3.8) is 0 Å². The van der Waals surface area contributed by atoms with Crippen molar-refractivity contribution in [2.45, 2.75) is 18.6 Å². The molecule has 11 heteroatoms. The van der Waals surface area contributed by atoms with Crippen LogP contribution in [0.1, 0.15) is 12.1 Å². The number of primary amides is 1. The third-order valence-corrected chi connectivity index (χ3v) is 6.19. The Hall–Kier alpha value is -3.14. The van der Waals surface area contributed by atoms with E-state index >= 15 is 0 Å². The second-order valence-electron chi connectivity index (χ2n) is 7.74. The number of halogens is 4. The molecule has 0 spiro atoms. The minimum Gasteiger partial charge on any atom is -0.378 e. The van der Waals surface area contributed by atoms with Crippen molar-refractivity contribution in [2.24, 2.45) is 23.5 Å². The van der Waals surface area contributed by atoms with Crippen LogP contribution >= 0.6 is 11.6 Å². The molecule has 3 aromatic heterocycles. The molecule has 31 heavy (non-hydrogen) atoms. The van der Waals surface area contributed by atoms with E-state index in [-0.39, 0.29) is 29.7 Å². The quantitative estimate of drug-likeness (QED) is 0.526. The Bertz CT molecular complexity index is 1210. The fourth-order valence-electron chi connectivity index (χ4n) is 4.49. The van der Waals surface area contributed by atoms with Crippen molar-refractivity contribution in [2.75, 3.05) is 5.32 Å². The van der Waals surface area contributed by atoms with Gasteiger partial charge in [-0.15, -0.1) is 0 Å². The number of rotatable bonds is 4. The Labute approximate surface area is 178 Å². The van der Waals surface area contributed by atoms with Crippen molar-refractivity contribution in [1.29, 1.82) is 0 Å². The zero-order valence-corrected chi connectivity index (χ0v) is 16.6. The molecule has 4 N–H and O–H groups in total. The van der Waals surface area contributed by atoms with Crippen LogP contribution < -0.4 is 11.1 Å². The molecule has 0 saturated heterocycles. The molecule has 0 radical (unpaired) electrons. The monoisotopic (exact) mass is 448 g/mol. The normalized spacial score (nSPS) is 24.8. The number of nitrogens with one attached hydrogen (secondary N) is 2. The molecule has 1 amide bonds. The van der Waals surface area contributed by atoms with Crippen LogP contribution in [-0.4, -0.2) is 31.9 Å². The van der Waals surface area contributed by atoms with Gasteiger partial charge >= 0.3 is 6.18 Å². The number of hydrogen-bond donors (Lipinski definition) is 3. The molecule has 7 nitrogen and oxygen atoms in total. The largest absolute Gasteiger partial charge is 0.433 e. The van der Waals surface area contributed by atoms with E-state index in [9.17, 15) is 18.0 Å². The number of allylic oxidation sites excluding steroid dienone is 1. The van der Waals surface area contributed by atoms with Gasteiger partial charge < -0.3 is 16.0 Å². The van der Waals surface area contributed by atoms with E-state index in [4.69, 9.17) is 17.3 Å². The molecule has 2 bridgehead atoms. The number of carbonyl (C=O) groups excluding carboxylic acids is 1. The molecule has 2 aliphatic rings. The summed E-state index contributed by atoms with van der Waals surface area (Å²) in [6, 6.07) is 1.95. The number of carbonyl (C=O) groups is 1. The first-order valence-corrected chi connectivity index (χ1v) is 9.92. The fraction of sp³-hybridized carbons (Fsp3) is 0.300. The van der Waals surface area contributed by atoms with Crippen molar-refractivity contribution in [1.82, 2.24) is 19.9 Å². The third-order valence-electron chi connectivity index (χ3n) is 5.90. The highest BCUT2D eigenvalue weighted by Gasteiger charge is 2.47. The summed E-state index contributed by atoms with van der Waals surface area (Å²) in [7, 11) is 0. The number of nitrogens with two attached hydrogens (primary N) is 1. The summed E-state index contributed by atoms with van der Waals surface area (Å²) in [6.45, 7) is 0. The maximum Gasteiger partial charge on any atom is 0.433 e. The maximum absolute atomic E-state index is 12.8. The summed E-state index contributed by atoms with van der Waals surface area (Å²) in [5.41, 5.74) is 6.34. The Morgan fingerprint density at radius 3 is 2.65 bits per heavy atom.